The van der Waals surface area contributed by atoms with E-state index in [-0.39, 0.29) is 12.1 Å². The second-order valence-corrected chi connectivity index (χ2v) is 7.68. The molecule has 0 aliphatic heterocycles. The van der Waals surface area contributed by atoms with Crippen LogP contribution in [0.2, 0.25) is 0 Å². The minimum Gasteiger partial charge on any atom is -0.405 e. The van der Waals surface area contributed by atoms with Gasteiger partial charge in [-0.2, -0.15) is 5.10 Å². The number of nitrogens with one attached hydrogen (secondary N) is 2. The van der Waals surface area contributed by atoms with Crippen molar-refractivity contribution in [1.29, 1.82) is 0 Å². The van der Waals surface area contributed by atoms with Crippen molar-refractivity contribution >= 4 is 27.1 Å². The smallest absolute Gasteiger partial charge is 0.405 e. The maximum absolute atomic E-state index is 12.4. The molecule has 2 N–H and O–H groups in total. The first-order valence-electron chi connectivity index (χ1n) is 8.20. The summed E-state index contributed by atoms with van der Waals surface area (Å²) in [6.07, 6.45) is -1.82. The van der Waals surface area contributed by atoms with Crippen LogP contribution in [0.5, 0.6) is 5.75 Å². The first-order chi connectivity index (χ1) is 13.6. The van der Waals surface area contributed by atoms with Crippen molar-refractivity contribution < 1.29 is 31.1 Å². The van der Waals surface area contributed by atoms with Gasteiger partial charge in [-0.25, -0.2) is 12.9 Å². The molecule has 29 heavy (non-hydrogen) atoms. The van der Waals surface area contributed by atoms with E-state index in [4.69, 9.17) is 0 Å². The van der Waals surface area contributed by atoms with Gasteiger partial charge in [0.05, 0.1) is 22.5 Å². The zero-order valence-electron chi connectivity index (χ0n) is 14.7. The molecule has 0 spiro atoms. The maximum Gasteiger partial charge on any atom is 0.573 e. The van der Waals surface area contributed by atoms with Crippen LogP contribution in [-0.2, 0) is 10.0 Å². The lowest BCUT2D eigenvalue weighted by molar-refractivity contribution is -0.274. The van der Waals surface area contributed by atoms with E-state index in [1.54, 1.807) is 29.0 Å². The van der Waals surface area contributed by atoms with Crippen molar-refractivity contribution in [2.45, 2.75) is 6.36 Å². The molecule has 3 rings (SSSR count). The summed E-state index contributed by atoms with van der Waals surface area (Å²) in [6, 6.07) is 9.57. The Bertz CT molecular complexity index is 1130. The first-order valence-corrected chi connectivity index (χ1v) is 9.85. The number of hydrogen-bond donors (Lipinski definition) is 2. The van der Waals surface area contributed by atoms with Gasteiger partial charge >= 0.3 is 6.36 Å². The van der Waals surface area contributed by atoms with Crippen molar-refractivity contribution in [3.63, 3.8) is 0 Å². The molecule has 2 heterocycles. The van der Waals surface area contributed by atoms with E-state index in [1.165, 1.54) is 18.2 Å². The third kappa shape index (κ3) is 5.60. The highest BCUT2D eigenvalue weighted by molar-refractivity contribution is 7.92. The molecule has 0 unspecified atom stereocenters. The molecule has 2 aromatic heterocycles. The van der Waals surface area contributed by atoms with E-state index >= 15 is 0 Å². The summed E-state index contributed by atoms with van der Waals surface area (Å²) in [5.41, 5.74) is 0.634. The standard InChI is InChI=1S/C17H15F3N4O4S/c18-17(19,20)28-15-4-2-1-3-14(15)16(25)21-8-10-29(26,27)23-12-6-9-24-13(11-12)5-7-22-24/h1-7,9,11,23H,8,10H2,(H,21,25). The number of carbonyl (C=O) groups excluding carboxylic acids is 1. The molecule has 0 fully saturated rings. The van der Waals surface area contributed by atoms with Gasteiger partial charge in [0.2, 0.25) is 10.0 Å². The van der Waals surface area contributed by atoms with Crippen LogP contribution in [0.1, 0.15) is 10.4 Å². The van der Waals surface area contributed by atoms with E-state index in [9.17, 15) is 26.4 Å². The fraction of sp³-hybridized carbons (Fsp3) is 0.176. The summed E-state index contributed by atoms with van der Waals surface area (Å²) in [4.78, 5) is 12.1. The summed E-state index contributed by atoms with van der Waals surface area (Å²) in [5, 5.41) is 6.27. The minimum atomic E-state index is -4.96. The average Bonchev–Trinajstić information content (AvgIpc) is 3.08. The largest absolute Gasteiger partial charge is 0.573 e. The van der Waals surface area contributed by atoms with Crippen molar-refractivity contribution in [2.75, 3.05) is 17.0 Å². The normalized spacial score (nSPS) is 12.0. The van der Waals surface area contributed by atoms with Crippen molar-refractivity contribution in [3.05, 3.63) is 60.4 Å². The lowest BCUT2D eigenvalue weighted by Gasteiger charge is -2.13. The number of rotatable bonds is 7. The molecule has 8 nitrogen and oxygen atoms in total. The van der Waals surface area contributed by atoms with Gasteiger partial charge in [-0.15, -0.1) is 13.2 Å². The van der Waals surface area contributed by atoms with Gasteiger partial charge in [0.1, 0.15) is 5.75 Å². The van der Waals surface area contributed by atoms with Crippen LogP contribution in [0, 0.1) is 0 Å². The first kappa shape index (κ1) is 20.5. The predicted octanol–water partition coefficient (Wildman–Crippen LogP) is 2.40. The van der Waals surface area contributed by atoms with Crippen LogP contribution in [0.3, 0.4) is 0 Å². The third-order valence-corrected chi connectivity index (χ3v) is 4.97. The summed E-state index contributed by atoms with van der Waals surface area (Å²) in [6.45, 7) is -0.316. The van der Waals surface area contributed by atoms with Crippen LogP contribution < -0.4 is 14.8 Å². The zero-order chi connectivity index (χ0) is 21.1. The Balaban J connectivity index is 1.59. The van der Waals surface area contributed by atoms with E-state index in [2.05, 4.69) is 19.9 Å². The van der Waals surface area contributed by atoms with Gasteiger partial charge in [0, 0.05) is 18.9 Å². The average molecular weight is 428 g/mol. The number of anilines is 1. The number of carbonyl (C=O) groups is 1. The van der Waals surface area contributed by atoms with E-state index in [0.717, 1.165) is 12.1 Å². The molecule has 0 saturated heterocycles. The molecule has 154 valence electrons. The molecule has 12 heteroatoms. The number of alkyl halides is 3. The maximum atomic E-state index is 12.4. The lowest BCUT2D eigenvalue weighted by atomic mass is 10.2. The van der Waals surface area contributed by atoms with Gasteiger partial charge in [-0.1, -0.05) is 12.1 Å². The molecule has 3 aromatic rings. The molecule has 0 radical (unpaired) electrons. The number of halogens is 3. The number of benzene rings is 1. The number of hydrogen-bond acceptors (Lipinski definition) is 5. The number of sulfonamides is 1. The highest BCUT2D eigenvalue weighted by atomic mass is 32.2. The number of para-hydroxylation sites is 1. The Morgan fingerprint density at radius 3 is 2.69 bits per heavy atom. The summed E-state index contributed by atoms with van der Waals surface area (Å²) in [5.74, 6) is -2.04. The minimum absolute atomic E-state index is 0.313. The Morgan fingerprint density at radius 1 is 1.17 bits per heavy atom. The topological polar surface area (TPSA) is 102 Å². The highest BCUT2D eigenvalue weighted by Crippen LogP contribution is 2.26. The SMILES string of the molecule is O=C(NCCS(=O)(=O)Nc1ccn2nccc2c1)c1ccccc1OC(F)(F)F. The fourth-order valence-electron chi connectivity index (χ4n) is 2.48. The molecular formula is C17H15F3N4O4S. The molecule has 0 saturated carbocycles. The second-order valence-electron chi connectivity index (χ2n) is 5.84. The van der Waals surface area contributed by atoms with Gasteiger partial charge in [-0.3, -0.25) is 9.52 Å². The number of pyridine rings is 1. The monoisotopic (exact) mass is 428 g/mol. The number of ether oxygens (including phenoxy) is 1. The molecular weight excluding hydrogens is 413 g/mol. The number of nitrogens with zero attached hydrogens (tertiary/aromatic N) is 2. The van der Waals surface area contributed by atoms with Crippen molar-refractivity contribution in [2.24, 2.45) is 0 Å². The van der Waals surface area contributed by atoms with E-state index in [1.807, 2.05) is 0 Å². The Labute approximate surface area is 163 Å². The predicted molar refractivity (Wildman–Crippen MR) is 98.1 cm³/mol. The van der Waals surface area contributed by atoms with Gasteiger partial charge in [0.25, 0.3) is 5.91 Å². The van der Waals surface area contributed by atoms with Crippen LogP contribution in [-0.4, -0.2) is 42.6 Å². The molecule has 0 bridgehead atoms. The van der Waals surface area contributed by atoms with Gasteiger partial charge < -0.3 is 10.1 Å². The number of fused-ring (bicyclic) bond motifs is 1. The molecule has 1 amide bonds. The number of amides is 1. The van der Waals surface area contributed by atoms with Gasteiger partial charge in [0.15, 0.2) is 0 Å². The summed E-state index contributed by atoms with van der Waals surface area (Å²) in [7, 11) is -3.81. The number of aromatic nitrogens is 2. The Kier molecular flexibility index (Phi) is 5.64. The summed E-state index contributed by atoms with van der Waals surface area (Å²) >= 11 is 0. The Morgan fingerprint density at radius 2 is 1.93 bits per heavy atom. The second kappa shape index (κ2) is 7.99. The lowest BCUT2D eigenvalue weighted by Crippen LogP contribution is -2.32. The zero-order valence-corrected chi connectivity index (χ0v) is 15.5. The molecule has 0 aliphatic rings. The van der Waals surface area contributed by atoms with Crippen LogP contribution in [0.4, 0.5) is 18.9 Å². The van der Waals surface area contributed by atoms with Crippen molar-refractivity contribution in [1.82, 2.24) is 14.9 Å². The van der Waals surface area contributed by atoms with Crippen LogP contribution >= 0.6 is 0 Å². The van der Waals surface area contributed by atoms with E-state index < -0.39 is 33.8 Å². The molecule has 0 aliphatic carbocycles. The van der Waals surface area contributed by atoms with Crippen LogP contribution in [0.25, 0.3) is 5.52 Å². The van der Waals surface area contributed by atoms with Gasteiger partial charge in [-0.05, 0) is 30.3 Å². The Hall–Kier alpha value is -3.28. The molecule has 1 aromatic carbocycles. The summed E-state index contributed by atoms with van der Waals surface area (Å²) < 4.78 is 69.4. The van der Waals surface area contributed by atoms with Crippen LogP contribution in [0.15, 0.2) is 54.9 Å². The highest BCUT2D eigenvalue weighted by Gasteiger charge is 2.32. The third-order valence-electron chi connectivity index (χ3n) is 3.69. The fourth-order valence-corrected chi connectivity index (χ4v) is 3.44. The van der Waals surface area contributed by atoms with E-state index in [0.29, 0.717) is 11.2 Å². The molecule has 0 atom stereocenters. The van der Waals surface area contributed by atoms with Crippen molar-refractivity contribution in [3.8, 4) is 5.75 Å². The quantitative estimate of drug-likeness (QED) is 0.602.